The van der Waals surface area contributed by atoms with E-state index in [0.717, 1.165) is 25.9 Å². The number of ether oxygens (including phenoxy) is 2. The van der Waals surface area contributed by atoms with Crippen molar-refractivity contribution < 1.29 is 14.6 Å². The molecule has 3 nitrogen and oxygen atoms in total. The van der Waals surface area contributed by atoms with E-state index in [4.69, 9.17) is 9.47 Å². The molecular formula is C9H16O3. The summed E-state index contributed by atoms with van der Waals surface area (Å²) in [6.45, 7) is 2.71. The molecule has 2 fully saturated rings. The second-order valence-electron chi connectivity index (χ2n) is 3.80. The lowest BCUT2D eigenvalue weighted by Gasteiger charge is -2.35. The largest absolute Gasteiger partial charge is 0.387 e. The summed E-state index contributed by atoms with van der Waals surface area (Å²) in [5, 5.41) is 9.72. The second kappa shape index (κ2) is 2.98. The van der Waals surface area contributed by atoms with Gasteiger partial charge in [0.05, 0.1) is 12.7 Å². The van der Waals surface area contributed by atoms with Crippen LogP contribution in [0.4, 0.5) is 0 Å². The number of hydrogen-bond donors (Lipinski definition) is 1. The van der Waals surface area contributed by atoms with E-state index in [9.17, 15) is 5.11 Å². The molecule has 0 saturated carbocycles. The fourth-order valence-corrected chi connectivity index (χ4v) is 2.11. The monoisotopic (exact) mass is 172 g/mol. The van der Waals surface area contributed by atoms with E-state index < -0.39 is 11.9 Å². The van der Waals surface area contributed by atoms with Crippen molar-refractivity contribution in [1.29, 1.82) is 0 Å². The van der Waals surface area contributed by atoms with Crippen molar-refractivity contribution >= 4 is 0 Å². The fourth-order valence-electron chi connectivity index (χ4n) is 2.11. The molecule has 0 radical (unpaired) electrons. The maximum Gasteiger partial charge on any atom is 0.194 e. The molecule has 12 heavy (non-hydrogen) atoms. The van der Waals surface area contributed by atoms with Crippen molar-refractivity contribution in [3.05, 3.63) is 0 Å². The number of aliphatic hydroxyl groups excluding tert-OH is 1. The average molecular weight is 172 g/mol. The summed E-state index contributed by atoms with van der Waals surface area (Å²) in [6, 6.07) is 0. The van der Waals surface area contributed by atoms with Crippen molar-refractivity contribution in [2.75, 3.05) is 6.61 Å². The third-order valence-corrected chi connectivity index (χ3v) is 2.73. The minimum Gasteiger partial charge on any atom is -0.387 e. The van der Waals surface area contributed by atoms with Gasteiger partial charge in [-0.25, -0.2) is 0 Å². The van der Waals surface area contributed by atoms with Crippen LogP contribution in [-0.2, 0) is 9.47 Å². The highest BCUT2D eigenvalue weighted by Crippen LogP contribution is 2.38. The molecule has 2 heterocycles. The lowest BCUT2D eigenvalue weighted by atomic mass is 10.00. The van der Waals surface area contributed by atoms with Crippen molar-refractivity contribution in [3.8, 4) is 0 Å². The fraction of sp³-hybridized carbons (Fsp3) is 1.00. The first-order chi connectivity index (χ1) is 5.73. The van der Waals surface area contributed by atoms with E-state index >= 15 is 0 Å². The number of aliphatic hydroxyl groups is 1. The lowest BCUT2D eigenvalue weighted by Crippen LogP contribution is -2.44. The van der Waals surface area contributed by atoms with Gasteiger partial charge in [-0.15, -0.1) is 0 Å². The third kappa shape index (κ3) is 1.26. The standard InChI is InChI=1S/C9H16O3/c1-7-6-8(10)9(12-7)4-2-3-5-11-9/h7-8,10H,2-6H2,1H3/t7-,8-,9-/m0/s1. The molecule has 1 spiro atoms. The van der Waals surface area contributed by atoms with Crippen LogP contribution >= 0.6 is 0 Å². The van der Waals surface area contributed by atoms with Gasteiger partial charge < -0.3 is 14.6 Å². The van der Waals surface area contributed by atoms with Crippen LogP contribution in [0.1, 0.15) is 32.6 Å². The first-order valence-electron chi connectivity index (χ1n) is 4.73. The Morgan fingerprint density at radius 2 is 2.25 bits per heavy atom. The maximum absolute atomic E-state index is 9.72. The molecule has 2 saturated heterocycles. The van der Waals surface area contributed by atoms with Crippen LogP contribution in [0.15, 0.2) is 0 Å². The normalized spacial score (nSPS) is 48.5. The van der Waals surface area contributed by atoms with Crippen molar-refractivity contribution in [2.45, 2.75) is 50.6 Å². The first-order valence-corrected chi connectivity index (χ1v) is 4.73. The Bertz CT molecular complexity index is 163. The highest BCUT2D eigenvalue weighted by Gasteiger charge is 2.48. The van der Waals surface area contributed by atoms with Crippen LogP contribution in [0.3, 0.4) is 0 Å². The Morgan fingerprint density at radius 1 is 1.42 bits per heavy atom. The zero-order valence-electron chi connectivity index (χ0n) is 7.45. The molecule has 0 aromatic heterocycles. The van der Waals surface area contributed by atoms with E-state index in [0.29, 0.717) is 6.42 Å². The molecule has 0 unspecified atom stereocenters. The molecule has 0 aromatic rings. The molecule has 70 valence electrons. The molecule has 3 heteroatoms. The van der Waals surface area contributed by atoms with Gasteiger partial charge in [0.25, 0.3) is 0 Å². The first kappa shape index (κ1) is 8.48. The smallest absolute Gasteiger partial charge is 0.194 e. The zero-order chi connectivity index (χ0) is 8.60. The van der Waals surface area contributed by atoms with E-state index in [2.05, 4.69) is 0 Å². The lowest BCUT2D eigenvalue weighted by molar-refractivity contribution is -0.272. The maximum atomic E-state index is 9.72. The molecule has 0 amide bonds. The Hall–Kier alpha value is -0.120. The molecule has 2 aliphatic rings. The Balaban J connectivity index is 2.08. The van der Waals surface area contributed by atoms with E-state index in [-0.39, 0.29) is 6.10 Å². The molecule has 0 aliphatic carbocycles. The molecule has 0 bridgehead atoms. The Labute approximate surface area is 72.7 Å². The molecule has 2 aliphatic heterocycles. The van der Waals surface area contributed by atoms with Crippen LogP contribution in [0, 0.1) is 0 Å². The van der Waals surface area contributed by atoms with Crippen LogP contribution < -0.4 is 0 Å². The van der Waals surface area contributed by atoms with Crippen molar-refractivity contribution in [1.82, 2.24) is 0 Å². The quantitative estimate of drug-likeness (QED) is 0.593. The Morgan fingerprint density at radius 3 is 2.75 bits per heavy atom. The zero-order valence-corrected chi connectivity index (χ0v) is 7.45. The van der Waals surface area contributed by atoms with Gasteiger partial charge >= 0.3 is 0 Å². The summed E-state index contributed by atoms with van der Waals surface area (Å²) >= 11 is 0. The van der Waals surface area contributed by atoms with Gasteiger partial charge in [-0.2, -0.15) is 0 Å². The van der Waals surface area contributed by atoms with Gasteiger partial charge in [0.1, 0.15) is 6.10 Å². The summed E-state index contributed by atoms with van der Waals surface area (Å²) in [6.07, 6.45) is 3.46. The average Bonchev–Trinajstić information content (AvgIpc) is 2.29. The number of hydrogen-bond acceptors (Lipinski definition) is 3. The van der Waals surface area contributed by atoms with E-state index in [1.165, 1.54) is 0 Å². The molecule has 0 aromatic carbocycles. The van der Waals surface area contributed by atoms with Gasteiger partial charge in [-0.3, -0.25) is 0 Å². The topological polar surface area (TPSA) is 38.7 Å². The molecule has 3 atom stereocenters. The van der Waals surface area contributed by atoms with Gasteiger partial charge in [-0.1, -0.05) is 0 Å². The van der Waals surface area contributed by atoms with Crippen molar-refractivity contribution in [3.63, 3.8) is 0 Å². The summed E-state index contributed by atoms with van der Waals surface area (Å²) < 4.78 is 11.2. The third-order valence-electron chi connectivity index (χ3n) is 2.73. The van der Waals surface area contributed by atoms with Crippen LogP contribution in [0.5, 0.6) is 0 Å². The van der Waals surface area contributed by atoms with Crippen LogP contribution in [0.25, 0.3) is 0 Å². The van der Waals surface area contributed by atoms with Gasteiger partial charge in [0.15, 0.2) is 5.79 Å². The van der Waals surface area contributed by atoms with Gasteiger partial charge in [0, 0.05) is 12.8 Å². The predicted octanol–water partition coefficient (Wildman–Crippen LogP) is 1.05. The molecular weight excluding hydrogens is 156 g/mol. The highest BCUT2D eigenvalue weighted by atomic mass is 16.7. The van der Waals surface area contributed by atoms with E-state index in [1.54, 1.807) is 0 Å². The summed E-state index contributed by atoms with van der Waals surface area (Å²) in [7, 11) is 0. The summed E-state index contributed by atoms with van der Waals surface area (Å²) in [5.41, 5.74) is 0. The van der Waals surface area contributed by atoms with Crippen LogP contribution in [-0.4, -0.2) is 29.7 Å². The van der Waals surface area contributed by atoms with Crippen LogP contribution in [0.2, 0.25) is 0 Å². The highest BCUT2D eigenvalue weighted by molar-refractivity contribution is 4.89. The minimum atomic E-state index is -0.641. The molecule has 1 N–H and O–H groups in total. The Kier molecular flexibility index (Phi) is 2.10. The van der Waals surface area contributed by atoms with Gasteiger partial charge in [0.2, 0.25) is 0 Å². The summed E-state index contributed by atoms with van der Waals surface area (Å²) in [4.78, 5) is 0. The predicted molar refractivity (Wildman–Crippen MR) is 43.7 cm³/mol. The second-order valence-corrected chi connectivity index (χ2v) is 3.80. The molecule has 2 rings (SSSR count). The van der Waals surface area contributed by atoms with E-state index in [1.807, 2.05) is 6.92 Å². The SMILES string of the molecule is C[C@H]1C[C@H](O)[C@]2(CCCCO2)O1. The number of rotatable bonds is 0. The van der Waals surface area contributed by atoms with Gasteiger partial charge in [-0.05, 0) is 19.8 Å². The minimum absolute atomic E-state index is 0.137. The van der Waals surface area contributed by atoms with Crippen molar-refractivity contribution in [2.24, 2.45) is 0 Å². The summed E-state index contributed by atoms with van der Waals surface area (Å²) in [5.74, 6) is -0.641.